The van der Waals surface area contributed by atoms with Gasteiger partial charge in [0.1, 0.15) is 5.75 Å². The minimum Gasteiger partial charge on any atom is -0.494 e. The van der Waals surface area contributed by atoms with Crippen LogP contribution in [0.5, 0.6) is 5.75 Å². The molecule has 1 aliphatic carbocycles. The van der Waals surface area contributed by atoms with Gasteiger partial charge in [0.15, 0.2) is 0 Å². The predicted octanol–water partition coefficient (Wildman–Crippen LogP) is 2.58. The quantitative estimate of drug-likeness (QED) is 0.750. The van der Waals surface area contributed by atoms with Gasteiger partial charge in [-0.15, -0.1) is 0 Å². The lowest BCUT2D eigenvalue weighted by atomic mass is 9.77. The highest BCUT2D eigenvalue weighted by atomic mass is 16.5. The van der Waals surface area contributed by atoms with Crippen LogP contribution < -0.4 is 10.5 Å². The highest BCUT2D eigenvalue weighted by molar-refractivity contribution is 5.20. The topological polar surface area (TPSA) is 35.2 Å². The van der Waals surface area contributed by atoms with Gasteiger partial charge in [-0.05, 0) is 43.7 Å². The Morgan fingerprint density at radius 2 is 2.00 bits per heavy atom. The first-order valence-electron chi connectivity index (χ1n) is 5.79. The van der Waals surface area contributed by atoms with E-state index in [9.17, 15) is 0 Å². The Hall–Kier alpha value is -1.02. The maximum absolute atomic E-state index is 5.88. The summed E-state index contributed by atoms with van der Waals surface area (Å²) in [6.45, 7) is 0.813. The summed E-state index contributed by atoms with van der Waals surface area (Å²) in [4.78, 5) is 0. The maximum atomic E-state index is 5.88. The average molecular weight is 205 g/mol. The van der Waals surface area contributed by atoms with E-state index in [1.54, 1.807) is 0 Å². The van der Waals surface area contributed by atoms with Crippen molar-refractivity contribution in [3.05, 3.63) is 30.3 Å². The van der Waals surface area contributed by atoms with E-state index >= 15 is 0 Å². The molecule has 1 fully saturated rings. The highest BCUT2D eigenvalue weighted by Gasteiger charge is 2.26. The van der Waals surface area contributed by atoms with Crippen LogP contribution in [0.4, 0.5) is 0 Å². The zero-order valence-corrected chi connectivity index (χ0v) is 9.06. The number of rotatable bonds is 5. The fourth-order valence-electron chi connectivity index (χ4n) is 2.01. The number of hydrogen-bond donors (Lipinski definition) is 1. The first-order valence-corrected chi connectivity index (χ1v) is 5.79. The average Bonchev–Trinajstić information content (AvgIpc) is 2.28. The Kier molecular flexibility index (Phi) is 3.62. The van der Waals surface area contributed by atoms with E-state index in [-0.39, 0.29) is 0 Å². The van der Waals surface area contributed by atoms with Gasteiger partial charge in [0.05, 0.1) is 6.61 Å². The molecular weight excluding hydrogens is 186 g/mol. The summed E-state index contributed by atoms with van der Waals surface area (Å²) in [5, 5.41) is 0. The Balaban J connectivity index is 1.59. The first kappa shape index (κ1) is 10.5. The summed E-state index contributed by atoms with van der Waals surface area (Å²) < 4.78 is 5.62. The van der Waals surface area contributed by atoms with Gasteiger partial charge >= 0.3 is 0 Å². The van der Waals surface area contributed by atoms with E-state index in [0.29, 0.717) is 6.04 Å². The normalized spacial score (nSPS) is 24.6. The Morgan fingerprint density at radius 1 is 1.20 bits per heavy atom. The SMILES string of the molecule is NC1CCC1CCCOc1ccccc1. The predicted molar refractivity (Wildman–Crippen MR) is 61.9 cm³/mol. The summed E-state index contributed by atoms with van der Waals surface area (Å²) in [5.74, 6) is 1.72. The molecule has 0 bridgehead atoms. The van der Waals surface area contributed by atoms with E-state index in [2.05, 4.69) is 0 Å². The Morgan fingerprint density at radius 3 is 2.60 bits per heavy atom. The van der Waals surface area contributed by atoms with Gasteiger partial charge in [0.25, 0.3) is 0 Å². The van der Waals surface area contributed by atoms with Crippen LogP contribution in [-0.2, 0) is 0 Å². The maximum Gasteiger partial charge on any atom is 0.119 e. The molecule has 0 saturated heterocycles. The lowest BCUT2D eigenvalue weighted by molar-refractivity contribution is 0.214. The van der Waals surface area contributed by atoms with Gasteiger partial charge in [0.2, 0.25) is 0 Å². The van der Waals surface area contributed by atoms with E-state index < -0.39 is 0 Å². The monoisotopic (exact) mass is 205 g/mol. The minimum atomic E-state index is 0.460. The smallest absolute Gasteiger partial charge is 0.119 e. The molecule has 2 N–H and O–H groups in total. The lowest BCUT2D eigenvalue weighted by Gasteiger charge is -2.33. The standard InChI is InChI=1S/C13H19NO/c14-13-9-8-11(13)5-4-10-15-12-6-2-1-3-7-12/h1-3,6-7,11,13H,4-5,8-10,14H2. The zero-order chi connectivity index (χ0) is 10.5. The number of ether oxygens (including phenoxy) is 1. The van der Waals surface area contributed by atoms with Gasteiger partial charge in [-0.1, -0.05) is 18.2 Å². The molecule has 0 radical (unpaired) electrons. The van der Waals surface area contributed by atoms with Gasteiger partial charge in [-0.25, -0.2) is 0 Å². The van der Waals surface area contributed by atoms with Crippen LogP contribution in [0, 0.1) is 5.92 Å². The second kappa shape index (κ2) is 5.17. The largest absolute Gasteiger partial charge is 0.494 e. The molecule has 0 aromatic heterocycles. The summed E-state index contributed by atoms with van der Waals surface area (Å²) in [7, 11) is 0. The molecule has 0 spiro atoms. The molecule has 2 unspecified atom stereocenters. The lowest BCUT2D eigenvalue weighted by Crippen LogP contribution is -2.39. The molecule has 15 heavy (non-hydrogen) atoms. The molecule has 2 atom stereocenters. The molecule has 0 aliphatic heterocycles. The first-order chi connectivity index (χ1) is 7.36. The van der Waals surface area contributed by atoms with Crippen LogP contribution in [0.25, 0.3) is 0 Å². The van der Waals surface area contributed by atoms with Crippen molar-refractivity contribution in [1.82, 2.24) is 0 Å². The molecule has 1 aromatic rings. The number of para-hydroxylation sites is 1. The summed E-state index contributed by atoms with van der Waals surface area (Å²) >= 11 is 0. The Labute approximate surface area is 91.4 Å². The van der Waals surface area contributed by atoms with E-state index in [1.807, 2.05) is 30.3 Å². The fraction of sp³-hybridized carbons (Fsp3) is 0.538. The molecule has 2 heteroatoms. The van der Waals surface area contributed by atoms with Gasteiger partial charge < -0.3 is 10.5 Å². The van der Waals surface area contributed by atoms with Crippen LogP contribution >= 0.6 is 0 Å². The molecule has 1 saturated carbocycles. The number of hydrogen-bond acceptors (Lipinski definition) is 2. The molecule has 82 valence electrons. The molecule has 2 nitrogen and oxygen atoms in total. The second-order valence-electron chi connectivity index (χ2n) is 4.31. The molecule has 0 amide bonds. The second-order valence-corrected chi connectivity index (χ2v) is 4.31. The van der Waals surface area contributed by atoms with Crippen LogP contribution in [0.3, 0.4) is 0 Å². The van der Waals surface area contributed by atoms with Crippen molar-refractivity contribution in [2.45, 2.75) is 31.7 Å². The van der Waals surface area contributed by atoms with Crippen LogP contribution in [0.2, 0.25) is 0 Å². The van der Waals surface area contributed by atoms with Crippen molar-refractivity contribution in [3.63, 3.8) is 0 Å². The van der Waals surface area contributed by atoms with Crippen molar-refractivity contribution < 1.29 is 4.74 Å². The molecule has 1 aromatic carbocycles. The zero-order valence-electron chi connectivity index (χ0n) is 9.06. The third-order valence-corrected chi connectivity index (χ3v) is 3.21. The van der Waals surface area contributed by atoms with Gasteiger partial charge in [0, 0.05) is 6.04 Å². The summed E-state index contributed by atoms with van der Waals surface area (Å²) in [5.41, 5.74) is 5.88. The van der Waals surface area contributed by atoms with Crippen molar-refractivity contribution in [3.8, 4) is 5.75 Å². The molecular formula is C13H19NO. The molecule has 0 heterocycles. The van der Waals surface area contributed by atoms with Crippen LogP contribution in [-0.4, -0.2) is 12.6 Å². The van der Waals surface area contributed by atoms with Gasteiger partial charge in [-0.3, -0.25) is 0 Å². The van der Waals surface area contributed by atoms with Crippen LogP contribution in [0.1, 0.15) is 25.7 Å². The molecule has 1 aliphatic rings. The van der Waals surface area contributed by atoms with Gasteiger partial charge in [-0.2, -0.15) is 0 Å². The fourth-order valence-corrected chi connectivity index (χ4v) is 2.01. The third kappa shape index (κ3) is 2.96. The van der Waals surface area contributed by atoms with E-state index in [4.69, 9.17) is 10.5 Å². The highest BCUT2D eigenvalue weighted by Crippen LogP contribution is 2.29. The molecule has 2 rings (SSSR count). The number of nitrogens with two attached hydrogens (primary N) is 1. The summed E-state index contributed by atoms with van der Waals surface area (Å²) in [6.07, 6.45) is 4.86. The van der Waals surface area contributed by atoms with Crippen molar-refractivity contribution in [2.75, 3.05) is 6.61 Å². The van der Waals surface area contributed by atoms with Crippen molar-refractivity contribution >= 4 is 0 Å². The number of benzene rings is 1. The van der Waals surface area contributed by atoms with E-state index in [0.717, 1.165) is 24.7 Å². The van der Waals surface area contributed by atoms with Crippen molar-refractivity contribution in [1.29, 1.82) is 0 Å². The van der Waals surface area contributed by atoms with E-state index in [1.165, 1.54) is 19.3 Å². The summed E-state index contributed by atoms with van der Waals surface area (Å²) in [6, 6.07) is 10.4. The Bertz CT molecular complexity index is 286. The van der Waals surface area contributed by atoms with Crippen LogP contribution in [0.15, 0.2) is 30.3 Å². The minimum absolute atomic E-state index is 0.460. The third-order valence-electron chi connectivity index (χ3n) is 3.21. The van der Waals surface area contributed by atoms with Crippen molar-refractivity contribution in [2.24, 2.45) is 11.7 Å².